The van der Waals surface area contributed by atoms with Crippen molar-refractivity contribution in [2.24, 2.45) is 0 Å². The number of ketones is 1. The Bertz CT molecular complexity index is 984. The highest BCUT2D eigenvalue weighted by Gasteiger charge is 2.46. The molecule has 0 aliphatic carbocycles. The molecule has 0 spiro atoms. The summed E-state index contributed by atoms with van der Waals surface area (Å²) in [6, 6.07) is 13.4. The number of amides is 1. The fourth-order valence-electron chi connectivity index (χ4n) is 3.60. The van der Waals surface area contributed by atoms with Gasteiger partial charge in [0.1, 0.15) is 5.76 Å². The van der Waals surface area contributed by atoms with E-state index in [-0.39, 0.29) is 18.1 Å². The van der Waals surface area contributed by atoms with Crippen molar-refractivity contribution in [2.45, 2.75) is 6.04 Å². The topological polar surface area (TPSA) is 79.3 Å². The van der Waals surface area contributed by atoms with Crippen LogP contribution in [-0.4, -0.2) is 60.6 Å². The Labute approximate surface area is 168 Å². The van der Waals surface area contributed by atoms with E-state index in [1.54, 1.807) is 42.5 Å². The van der Waals surface area contributed by atoms with Gasteiger partial charge in [-0.25, -0.2) is 0 Å². The summed E-state index contributed by atoms with van der Waals surface area (Å²) in [6.07, 6.45) is 0. The summed E-state index contributed by atoms with van der Waals surface area (Å²) in [5, 5.41) is 10.9. The lowest BCUT2D eigenvalue weighted by Crippen LogP contribution is -2.35. The SMILES string of the molecule is CN(C)CCN1C(=O)C(=O)C(=C(O)c2ccccc2)[C@H]1c1ccc2c(c1)OCO2. The Morgan fingerprint density at radius 1 is 1.10 bits per heavy atom. The van der Waals surface area contributed by atoms with E-state index in [1.807, 2.05) is 25.1 Å². The number of carbonyl (C=O) groups is 2. The number of aliphatic hydroxyl groups is 1. The van der Waals surface area contributed by atoms with E-state index in [1.165, 1.54) is 4.90 Å². The summed E-state index contributed by atoms with van der Waals surface area (Å²) in [5.74, 6) is -0.318. The maximum Gasteiger partial charge on any atom is 0.295 e. The lowest BCUT2D eigenvalue weighted by atomic mass is 9.95. The number of hydrogen-bond acceptors (Lipinski definition) is 6. The summed E-state index contributed by atoms with van der Waals surface area (Å²) >= 11 is 0. The number of ether oxygens (including phenoxy) is 2. The highest BCUT2D eigenvalue weighted by atomic mass is 16.7. The zero-order valence-corrected chi connectivity index (χ0v) is 16.3. The number of hydrogen-bond donors (Lipinski definition) is 1. The van der Waals surface area contributed by atoms with E-state index in [9.17, 15) is 14.7 Å². The smallest absolute Gasteiger partial charge is 0.295 e. The number of aliphatic hydroxyl groups excluding tert-OH is 1. The molecule has 0 unspecified atom stereocenters. The van der Waals surface area contributed by atoms with Gasteiger partial charge in [-0.2, -0.15) is 0 Å². The molecule has 7 nitrogen and oxygen atoms in total. The number of rotatable bonds is 5. The molecule has 2 aromatic rings. The summed E-state index contributed by atoms with van der Waals surface area (Å²) in [7, 11) is 3.80. The van der Waals surface area contributed by atoms with Crippen LogP contribution in [0.25, 0.3) is 5.76 Å². The molecule has 0 radical (unpaired) electrons. The first-order chi connectivity index (χ1) is 14.0. The van der Waals surface area contributed by atoms with Crippen LogP contribution in [0.4, 0.5) is 0 Å². The van der Waals surface area contributed by atoms with Crippen LogP contribution in [0.15, 0.2) is 54.1 Å². The van der Waals surface area contributed by atoms with Crippen LogP contribution in [-0.2, 0) is 9.59 Å². The molecule has 7 heteroatoms. The molecule has 2 aromatic carbocycles. The molecule has 2 heterocycles. The van der Waals surface area contributed by atoms with Crippen molar-refractivity contribution >= 4 is 17.4 Å². The van der Waals surface area contributed by atoms with Gasteiger partial charge in [-0.05, 0) is 31.8 Å². The van der Waals surface area contributed by atoms with Crippen LogP contribution < -0.4 is 9.47 Å². The second-order valence-electron chi connectivity index (χ2n) is 7.27. The maximum atomic E-state index is 12.9. The summed E-state index contributed by atoms with van der Waals surface area (Å²) < 4.78 is 10.8. The summed E-state index contributed by atoms with van der Waals surface area (Å²) in [6.45, 7) is 1.06. The lowest BCUT2D eigenvalue weighted by Gasteiger charge is -2.26. The molecule has 1 N–H and O–H groups in total. The number of nitrogens with zero attached hydrogens (tertiary/aromatic N) is 2. The number of Topliss-reactive ketones (excluding diaryl/α,β-unsaturated/α-hetero) is 1. The fourth-order valence-corrected chi connectivity index (χ4v) is 3.60. The molecule has 150 valence electrons. The van der Waals surface area contributed by atoms with Crippen LogP contribution >= 0.6 is 0 Å². The van der Waals surface area contributed by atoms with Gasteiger partial charge < -0.3 is 24.4 Å². The Morgan fingerprint density at radius 3 is 2.55 bits per heavy atom. The van der Waals surface area contributed by atoms with Crippen LogP contribution in [0.1, 0.15) is 17.2 Å². The van der Waals surface area contributed by atoms with Gasteiger partial charge in [0, 0.05) is 18.7 Å². The molecule has 0 saturated carbocycles. The summed E-state index contributed by atoms with van der Waals surface area (Å²) in [4.78, 5) is 29.2. The van der Waals surface area contributed by atoms with Crippen molar-refractivity contribution in [3.8, 4) is 11.5 Å². The van der Waals surface area contributed by atoms with Gasteiger partial charge in [-0.3, -0.25) is 9.59 Å². The predicted molar refractivity (Wildman–Crippen MR) is 107 cm³/mol. The highest BCUT2D eigenvalue weighted by Crippen LogP contribution is 2.42. The van der Waals surface area contributed by atoms with E-state index >= 15 is 0 Å². The minimum Gasteiger partial charge on any atom is -0.507 e. The van der Waals surface area contributed by atoms with E-state index in [4.69, 9.17) is 9.47 Å². The van der Waals surface area contributed by atoms with E-state index < -0.39 is 17.7 Å². The first-order valence-corrected chi connectivity index (χ1v) is 9.35. The fraction of sp³-hybridized carbons (Fsp3) is 0.273. The number of likely N-dealkylation sites (tertiary alicyclic amines) is 1. The molecule has 4 rings (SSSR count). The van der Waals surface area contributed by atoms with Gasteiger partial charge in [0.05, 0.1) is 11.6 Å². The Morgan fingerprint density at radius 2 is 1.83 bits per heavy atom. The molecule has 0 aromatic heterocycles. The third-order valence-electron chi connectivity index (χ3n) is 5.09. The third kappa shape index (κ3) is 3.45. The Hall–Kier alpha value is -3.32. The van der Waals surface area contributed by atoms with E-state index in [0.717, 1.165) is 0 Å². The van der Waals surface area contributed by atoms with Crippen molar-refractivity contribution in [1.29, 1.82) is 0 Å². The van der Waals surface area contributed by atoms with Gasteiger partial charge >= 0.3 is 0 Å². The van der Waals surface area contributed by atoms with Crippen LogP contribution in [0.2, 0.25) is 0 Å². The summed E-state index contributed by atoms with van der Waals surface area (Å²) in [5.41, 5.74) is 1.26. The predicted octanol–water partition coefficient (Wildman–Crippen LogP) is 2.40. The minimum atomic E-state index is -0.704. The van der Waals surface area contributed by atoms with Crippen LogP contribution in [0.5, 0.6) is 11.5 Å². The molecule has 1 amide bonds. The number of fused-ring (bicyclic) bond motifs is 1. The van der Waals surface area contributed by atoms with Crippen LogP contribution in [0.3, 0.4) is 0 Å². The average Bonchev–Trinajstić information content (AvgIpc) is 3.29. The second-order valence-corrected chi connectivity index (χ2v) is 7.27. The van der Waals surface area contributed by atoms with Gasteiger partial charge in [0.2, 0.25) is 6.79 Å². The number of benzene rings is 2. The first-order valence-electron chi connectivity index (χ1n) is 9.35. The van der Waals surface area contributed by atoms with E-state index in [0.29, 0.717) is 35.7 Å². The zero-order valence-electron chi connectivity index (χ0n) is 16.3. The molecular weight excluding hydrogens is 372 g/mol. The zero-order chi connectivity index (χ0) is 20.5. The van der Waals surface area contributed by atoms with Gasteiger partial charge in [-0.15, -0.1) is 0 Å². The van der Waals surface area contributed by atoms with Crippen molar-refractivity contribution in [3.05, 3.63) is 65.2 Å². The molecule has 29 heavy (non-hydrogen) atoms. The number of carbonyl (C=O) groups excluding carboxylic acids is 2. The average molecular weight is 394 g/mol. The maximum absolute atomic E-state index is 12.9. The van der Waals surface area contributed by atoms with Gasteiger partial charge in [0.15, 0.2) is 11.5 Å². The Balaban J connectivity index is 1.84. The molecular formula is C22H22N2O5. The molecule has 2 aliphatic heterocycles. The first kappa shape index (κ1) is 19.0. The molecule has 1 saturated heterocycles. The van der Waals surface area contributed by atoms with Crippen LogP contribution in [0, 0.1) is 0 Å². The largest absolute Gasteiger partial charge is 0.507 e. The highest BCUT2D eigenvalue weighted by molar-refractivity contribution is 6.46. The van der Waals surface area contributed by atoms with E-state index in [2.05, 4.69) is 0 Å². The second kappa shape index (κ2) is 7.60. The van der Waals surface area contributed by atoms with Gasteiger partial charge in [0.25, 0.3) is 11.7 Å². The molecule has 2 aliphatic rings. The van der Waals surface area contributed by atoms with Crippen molar-refractivity contribution in [3.63, 3.8) is 0 Å². The van der Waals surface area contributed by atoms with Crippen molar-refractivity contribution in [1.82, 2.24) is 9.80 Å². The quantitative estimate of drug-likeness (QED) is 0.477. The lowest BCUT2D eigenvalue weighted by molar-refractivity contribution is -0.140. The molecule has 1 fully saturated rings. The third-order valence-corrected chi connectivity index (χ3v) is 5.09. The normalized spacial score (nSPS) is 20.0. The molecule has 0 bridgehead atoms. The van der Waals surface area contributed by atoms with Crippen molar-refractivity contribution < 1.29 is 24.2 Å². The molecule has 1 atom stereocenters. The van der Waals surface area contributed by atoms with Crippen molar-refractivity contribution in [2.75, 3.05) is 34.0 Å². The van der Waals surface area contributed by atoms with Gasteiger partial charge in [-0.1, -0.05) is 36.4 Å². The number of likely N-dealkylation sites (N-methyl/N-ethyl adjacent to an activating group) is 1. The Kier molecular flexibility index (Phi) is 4.98. The monoisotopic (exact) mass is 394 g/mol. The minimum absolute atomic E-state index is 0.0822. The standard InChI is InChI=1S/C22H22N2O5/c1-23(2)10-11-24-19(15-8-9-16-17(12-15)29-13-28-16)18(21(26)22(24)27)20(25)14-6-4-3-5-7-14/h3-9,12,19,25H,10-11,13H2,1-2H3/t19-/m1/s1.